The number of hydrogen-bond donors (Lipinski definition) is 2. The third kappa shape index (κ3) is 3.81. The molecule has 0 unspecified atom stereocenters. The number of ether oxygens (including phenoxy) is 3. The van der Waals surface area contributed by atoms with Gasteiger partial charge in [-0.15, -0.1) is 0 Å². The molecule has 1 amide bonds. The number of methoxy groups -OCH3 is 3. The summed E-state index contributed by atoms with van der Waals surface area (Å²) in [6.07, 6.45) is 1.93. The second kappa shape index (κ2) is 7.99. The Morgan fingerprint density at radius 3 is 2.41 bits per heavy atom. The zero-order chi connectivity index (χ0) is 19.4. The van der Waals surface area contributed by atoms with Crippen LogP contribution in [0.5, 0.6) is 17.2 Å². The molecule has 0 aliphatic carbocycles. The molecule has 2 N–H and O–H groups in total. The molecule has 1 heterocycles. The molecule has 6 nitrogen and oxygen atoms in total. The van der Waals surface area contributed by atoms with Crippen LogP contribution in [0.3, 0.4) is 0 Å². The first kappa shape index (κ1) is 18.6. The first-order valence-electron chi connectivity index (χ1n) is 8.37. The summed E-state index contributed by atoms with van der Waals surface area (Å²) in [6, 6.07) is 7.82. The number of aromatic amines is 1. The molecular formula is C20H21FN2O4. The lowest BCUT2D eigenvalue weighted by Gasteiger charge is -2.14. The van der Waals surface area contributed by atoms with E-state index in [1.165, 1.54) is 19.2 Å². The van der Waals surface area contributed by atoms with Crippen molar-refractivity contribution in [1.29, 1.82) is 0 Å². The van der Waals surface area contributed by atoms with Crippen LogP contribution in [-0.4, -0.2) is 32.2 Å². The summed E-state index contributed by atoms with van der Waals surface area (Å²) < 4.78 is 29.2. The molecule has 0 atom stereocenters. The van der Waals surface area contributed by atoms with E-state index in [-0.39, 0.29) is 18.1 Å². The number of amides is 1. The lowest BCUT2D eigenvalue weighted by Crippen LogP contribution is -2.24. The van der Waals surface area contributed by atoms with Gasteiger partial charge in [-0.1, -0.05) is 12.1 Å². The molecule has 0 saturated heterocycles. The molecule has 0 bridgehead atoms. The van der Waals surface area contributed by atoms with Gasteiger partial charge in [-0.2, -0.15) is 0 Å². The summed E-state index contributed by atoms with van der Waals surface area (Å²) in [4.78, 5) is 15.5. The number of fused-ring (bicyclic) bond motifs is 1. The highest BCUT2D eigenvalue weighted by Crippen LogP contribution is 2.44. The van der Waals surface area contributed by atoms with E-state index in [0.29, 0.717) is 23.8 Å². The fourth-order valence-corrected chi connectivity index (χ4v) is 3.00. The Hall–Kier alpha value is -3.22. The average Bonchev–Trinajstić information content (AvgIpc) is 3.08. The number of halogens is 1. The third-order valence-electron chi connectivity index (χ3n) is 4.31. The minimum Gasteiger partial charge on any atom is -0.493 e. The number of rotatable bonds is 7. The number of carbonyl (C=O) groups excluding carboxylic acids is 1. The van der Waals surface area contributed by atoms with Crippen molar-refractivity contribution >= 4 is 16.8 Å². The second-order valence-corrected chi connectivity index (χ2v) is 5.96. The smallest absolute Gasteiger partial charge is 0.224 e. The summed E-state index contributed by atoms with van der Waals surface area (Å²) in [5.41, 5.74) is 2.39. The quantitative estimate of drug-likeness (QED) is 0.668. The minimum absolute atomic E-state index is 0.155. The standard InChI is InChI=1S/C20H21FN2O4/c1-25-16-9-15-18(20(27-3)19(16)26-2)13(11-22-15)8-17(24)23-10-12-4-6-14(21)7-5-12/h4-7,9,11,22H,8,10H2,1-3H3,(H,23,24). The van der Waals surface area contributed by atoms with Crippen LogP contribution in [0.2, 0.25) is 0 Å². The van der Waals surface area contributed by atoms with Crippen LogP contribution in [0.25, 0.3) is 10.9 Å². The van der Waals surface area contributed by atoms with Crippen LogP contribution < -0.4 is 19.5 Å². The Bertz CT molecular complexity index is 951. The molecule has 7 heteroatoms. The molecular weight excluding hydrogens is 351 g/mol. The number of H-pyrrole nitrogens is 1. The van der Waals surface area contributed by atoms with E-state index in [0.717, 1.165) is 22.0 Å². The van der Waals surface area contributed by atoms with E-state index in [1.807, 2.05) is 0 Å². The van der Waals surface area contributed by atoms with Crippen molar-refractivity contribution in [3.63, 3.8) is 0 Å². The number of carbonyl (C=O) groups is 1. The van der Waals surface area contributed by atoms with Crippen molar-refractivity contribution < 1.29 is 23.4 Å². The fraction of sp³-hybridized carbons (Fsp3) is 0.250. The molecule has 2 aromatic carbocycles. The van der Waals surface area contributed by atoms with Gasteiger partial charge in [-0.05, 0) is 23.3 Å². The van der Waals surface area contributed by atoms with Crippen LogP contribution in [0, 0.1) is 5.82 Å². The summed E-state index contributed by atoms with van der Waals surface area (Å²) in [5, 5.41) is 3.61. The Labute approximate surface area is 156 Å². The first-order chi connectivity index (χ1) is 13.1. The highest BCUT2D eigenvalue weighted by molar-refractivity contribution is 5.96. The highest BCUT2D eigenvalue weighted by atomic mass is 19.1. The predicted octanol–water partition coefficient (Wildman–Crippen LogP) is 3.19. The van der Waals surface area contributed by atoms with E-state index in [4.69, 9.17) is 14.2 Å². The van der Waals surface area contributed by atoms with Gasteiger partial charge in [0.15, 0.2) is 11.5 Å². The summed E-state index contributed by atoms with van der Waals surface area (Å²) in [6.45, 7) is 0.329. The van der Waals surface area contributed by atoms with Crippen molar-refractivity contribution in [2.75, 3.05) is 21.3 Å². The van der Waals surface area contributed by atoms with Crippen molar-refractivity contribution in [3.8, 4) is 17.2 Å². The topological polar surface area (TPSA) is 72.6 Å². The molecule has 0 spiro atoms. The van der Waals surface area contributed by atoms with Gasteiger partial charge < -0.3 is 24.5 Å². The van der Waals surface area contributed by atoms with Gasteiger partial charge >= 0.3 is 0 Å². The Balaban J connectivity index is 1.82. The van der Waals surface area contributed by atoms with Gasteiger partial charge in [0.05, 0.1) is 33.3 Å². The average molecular weight is 372 g/mol. The highest BCUT2D eigenvalue weighted by Gasteiger charge is 2.20. The van der Waals surface area contributed by atoms with Gasteiger partial charge in [-0.3, -0.25) is 4.79 Å². The monoisotopic (exact) mass is 372 g/mol. The number of hydrogen-bond acceptors (Lipinski definition) is 4. The fourth-order valence-electron chi connectivity index (χ4n) is 3.00. The van der Waals surface area contributed by atoms with E-state index in [1.54, 1.807) is 38.6 Å². The van der Waals surface area contributed by atoms with E-state index >= 15 is 0 Å². The Morgan fingerprint density at radius 2 is 1.78 bits per heavy atom. The molecule has 0 fully saturated rings. The maximum absolute atomic E-state index is 13.0. The molecule has 3 rings (SSSR count). The summed E-state index contributed by atoms with van der Waals surface area (Å²) >= 11 is 0. The lowest BCUT2D eigenvalue weighted by atomic mass is 10.1. The van der Waals surface area contributed by atoms with Crippen LogP contribution >= 0.6 is 0 Å². The molecule has 0 aliphatic heterocycles. The van der Waals surface area contributed by atoms with E-state index in [2.05, 4.69) is 10.3 Å². The van der Waals surface area contributed by atoms with Gasteiger partial charge in [0.25, 0.3) is 0 Å². The van der Waals surface area contributed by atoms with Crippen molar-refractivity contribution in [3.05, 3.63) is 53.5 Å². The van der Waals surface area contributed by atoms with Crippen molar-refractivity contribution in [2.45, 2.75) is 13.0 Å². The van der Waals surface area contributed by atoms with E-state index < -0.39 is 0 Å². The van der Waals surface area contributed by atoms with Gasteiger partial charge in [0.2, 0.25) is 11.7 Å². The normalized spacial score (nSPS) is 10.7. The Kier molecular flexibility index (Phi) is 5.49. The molecule has 1 aromatic heterocycles. The first-order valence-corrected chi connectivity index (χ1v) is 8.37. The van der Waals surface area contributed by atoms with Crippen LogP contribution in [0.15, 0.2) is 36.5 Å². The molecule has 0 radical (unpaired) electrons. The lowest BCUT2D eigenvalue weighted by molar-refractivity contribution is -0.120. The maximum Gasteiger partial charge on any atom is 0.224 e. The SMILES string of the molecule is COc1cc2[nH]cc(CC(=O)NCc3ccc(F)cc3)c2c(OC)c1OC. The zero-order valence-corrected chi connectivity index (χ0v) is 15.4. The Morgan fingerprint density at radius 1 is 1.07 bits per heavy atom. The van der Waals surface area contributed by atoms with Gasteiger partial charge in [0.1, 0.15) is 5.82 Å². The van der Waals surface area contributed by atoms with Gasteiger partial charge in [-0.25, -0.2) is 4.39 Å². The molecule has 0 saturated carbocycles. The van der Waals surface area contributed by atoms with Crippen LogP contribution in [-0.2, 0) is 17.8 Å². The molecule has 142 valence electrons. The predicted molar refractivity (Wildman–Crippen MR) is 99.9 cm³/mol. The molecule has 3 aromatic rings. The molecule has 0 aliphatic rings. The molecule has 27 heavy (non-hydrogen) atoms. The van der Waals surface area contributed by atoms with Crippen molar-refractivity contribution in [1.82, 2.24) is 10.3 Å². The van der Waals surface area contributed by atoms with Crippen molar-refractivity contribution in [2.24, 2.45) is 0 Å². The summed E-state index contributed by atoms with van der Waals surface area (Å²) in [7, 11) is 4.63. The third-order valence-corrected chi connectivity index (χ3v) is 4.31. The van der Waals surface area contributed by atoms with Crippen LogP contribution in [0.4, 0.5) is 4.39 Å². The maximum atomic E-state index is 13.0. The largest absolute Gasteiger partial charge is 0.493 e. The van der Waals surface area contributed by atoms with E-state index in [9.17, 15) is 9.18 Å². The number of benzene rings is 2. The number of nitrogens with one attached hydrogen (secondary N) is 2. The van der Waals surface area contributed by atoms with Gasteiger partial charge in [0, 0.05) is 24.2 Å². The second-order valence-electron chi connectivity index (χ2n) is 5.96. The number of aromatic nitrogens is 1. The van der Waals surface area contributed by atoms with Crippen LogP contribution in [0.1, 0.15) is 11.1 Å². The summed E-state index contributed by atoms with van der Waals surface area (Å²) in [5.74, 6) is 1.06. The zero-order valence-electron chi connectivity index (χ0n) is 15.4. The minimum atomic E-state index is -0.305.